The first-order valence-corrected chi connectivity index (χ1v) is 3.24. The Hall–Kier alpha value is -0.460. The highest BCUT2D eigenvalue weighted by Gasteiger charge is 2.05. The lowest BCUT2D eigenvalue weighted by atomic mass is 10.1. The van der Waals surface area contributed by atoms with E-state index >= 15 is 0 Å². The van der Waals surface area contributed by atoms with E-state index in [4.69, 9.17) is 4.74 Å². The Morgan fingerprint density at radius 2 is 2.62 bits per heavy atom. The SMILES string of the molecule is CC[C@@H]1CCC=CO1. The van der Waals surface area contributed by atoms with Crippen LogP contribution in [-0.2, 0) is 4.74 Å². The Bertz CT molecular complexity index is 86.4. The van der Waals surface area contributed by atoms with Crippen LogP contribution in [0.1, 0.15) is 26.2 Å². The summed E-state index contributed by atoms with van der Waals surface area (Å²) in [5, 5.41) is 0. The zero-order valence-electron chi connectivity index (χ0n) is 5.26. The predicted molar refractivity (Wildman–Crippen MR) is 33.5 cm³/mol. The van der Waals surface area contributed by atoms with E-state index in [-0.39, 0.29) is 0 Å². The quantitative estimate of drug-likeness (QED) is 0.504. The number of hydrogen-bond acceptors (Lipinski definition) is 1. The summed E-state index contributed by atoms with van der Waals surface area (Å²) in [6.45, 7) is 2.16. The Morgan fingerprint density at radius 1 is 1.75 bits per heavy atom. The van der Waals surface area contributed by atoms with Gasteiger partial charge in [-0.1, -0.05) is 6.92 Å². The highest BCUT2D eigenvalue weighted by molar-refractivity contribution is 4.81. The minimum atomic E-state index is 0.500. The van der Waals surface area contributed by atoms with Gasteiger partial charge in [-0.25, -0.2) is 0 Å². The first-order chi connectivity index (χ1) is 3.93. The van der Waals surface area contributed by atoms with Crippen LogP contribution in [0.15, 0.2) is 12.3 Å². The molecule has 46 valence electrons. The van der Waals surface area contributed by atoms with E-state index in [0.717, 1.165) is 6.42 Å². The van der Waals surface area contributed by atoms with Gasteiger partial charge in [0.25, 0.3) is 0 Å². The summed E-state index contributed by atoms with van der Waals surface area (Å²) >= 11 is 0. The van der Waals surface area contributed by atoms with E-state index in [9.17, 15) is 0 Å². The lowest BCUT2D eigenvalue weighted by molar-refractivity contribution is 0.120. The maximum atomic E-state index is 5.25. The second-order valence-electron chi connectivity index (χ2n) is 2.12. The molecule has 1 nitrogen and oxygen atoms in total. The van der Waals surface area contributed by atoms with Gasteiger partial charge in [0, 0.05) is 0 Å². The molecule has 0 aromatic rings. The van der Waals surface area contributed by atoms with Gasteiger partial charge < -0.3 is 4.74 Å². The fourth-order valence-corrected chi connectivity index (χ4v) is 0.885. The number of allylic oxidation sites excluding steroid dienone is 1. The molecule has 0 saturated heterocycles. The van der Waals surface area contributed by atoms with E-state index < -0.39 is 0 Å². The molecule has 1 atom stereocenters. The van der Waals surface area contributed by atoms with Crippen molar-refractivity contribution < 1.29 is 4.74 Å². The van der Waals surface area contributed by atoms with Crippen molar-refractivity contribution >= 4 is 0 Å². The van der Waals surface area contributed by atoms with Gasteiger partial charge in [0.1, 0.15) is 0 Å². The van der Waals surface area contributed by atoms with Crippen LogP contribution in [0, 0.1) is 0 Å². The minimum absolute atomic E-state index is 0.500. The molecule has 0 amide bonds. The van der Waals surface area contributed by atoms with Crippen LogP contribution in [0.5, 0.6) is 0 Å². The molecule has 1 aliphatic rings. The lowest BCUT2D eigenvalue weighted by Gasteiger charge is -2.16. The third-order valence-corrected chi connectivity index (χ3v) is 1.48. The number of ether oxygens (including phenoxy) is 1. The third kappa shape index (κ3) is 1.25. The van der Waals surface area contributed by atoms with Gasteiger partial charge in [0.15, 0.2) is 0 Å². The molecular formula is C7H12O. The van der Waals surface area contributed by atoms with Gasteiger partial charge in [0.2, 0.25) is 0 Å². The van der Waals surface area contributed by atoms with Crippen molar-refractivity contribution in [2.45, 2.75) is 32.3 Å². The molecule has 0 aromatic carbocycles. The monoisotopic (exact) mass is 112 g/mol. The zero-order chi connectivity index (χ0) is 5.82. The summed E-state index contributed by atoms with van der Waals surface area (Å²) in [7, 11) is 0. The molecule has 1 heterocycles. The average Bonchev–Trinajstić information content (AvgIpc) is 1.90. The van der Waals surface area contributed by atoms with Gasteiger partial charge in [0.05, 0.1) is 12.4 Å². The highest BCUT2D eigenvalue weighted by Crippen LogP contribution is 2.11. The molecule has 0 saturated carbocycles. The van der Waals surface area contributed by atoms with Crippen LogP contribution in [0.4, 0.5) is 0 Å². The van der Waals surface area contributed by atoms with Gasteiger partial charge in [-0.2, -0.15) is 0 Å². The minimum Gasteiger partial charge on any atom is -0.498 e. The molecule has 0 N–H and O–H groups in total. The maximum absolute atomic E-state index is 5.25. The van der Waals surface area contributed by atoms with Crippen molar-refractivity contribution in [3.8, 4) is 0 Å². The summed E-state index contributed by atoms with van der Waals surface area (Å²) in [6, 6.07) is 0. The Balaban J connectivity index is 2.27. The summed E-state index contributed by atoms with van der Waals surface area (Å²) in [5.74, 6) is 0. The van der Waals surface area contributed by atoms with Crippen LogP contribution in [0.3, 0.4) is 0 Å². The molecule has 0 spiro atoms. The standard InChI is InChI=1S/C7H12O/c1-2-7-5-3-4-6-8-7/h4,6-7H,2-3,5H2,1H3/t7-/m1/s1. The molecule has 0 unspecified atom stereocenters. The van der Waals surface area contributed by atoms with Crippen LogP contribution in [0.2, 0.25) is 0 Å². The Labute approximate surface area is 50.3 Å². The topological polar surface area (TPSA) is 9.23 Å². The lowest BCUT2D eigenvalue weighted by Crippen LogP contribution is -2.09. The Morgan fingerprint density at radius 3 is 3.00 bits per heavy atom. The van der Waals surface area contributed by atoms with Crippen molar-refractivity contribution in [3.63, 3.8) is 0 Å². The highest BCUT2D eigenvalue weighted by atomic mass is 16.5. The predicted octanol–water partition coefficient (Wildman–Crippen LogP) is 2.09. The molecule has 8 heavy (non-hydrogen) atoms. The van der Waals surface area contributed by atoms with Crippen molar-refractivity contribution in [2.24, 2.45) is 0 Å². The van der Waals surface area contributed by atoms with Crippen molar-refractivity contribution in [2.75, 3.05) is 0 Å². The van der Waals surface area contributed by atoms with Crippen molar-refractivity contribution in [1.82, 2.24) is 0 Å². The summed E-state index contributed by atoms with van der Waals surface area (Å²) in [6.07, 6.45) is 7.93. The molecule has 0 aliphatic carbocycles. The summed E-state index contributed by atoms with van der Waals surface area (Å²) in [5.41, 5.74) is 0. The zero-order valence-corrected chi connectivity index (χ0v) is 5.26. The van der Waals surface area contributed by atoms with Gasteiger partial charge in [-0.15, -0.1) is 0 Å². The van der Waals surface area contributed by atoms with Crippen LogP contribution >= 0.6 is 0 Å². The smallest absolute Gasteiger partial charge is 0.0978 e. The van der Waals surface area contributed by atoms with Gasteiger partial charge in [-0.3, -0.25) is 0 Å². The fourth-order valence-electron chi connectivity index (χ4n) is 0.885. The van der Waals surface area contributed by atoms with Crippen LogP contribution in [0.25, 0.3) is 0 Å². The summed E-state index contributed by atoms with van der Waals surface area (Å²) < 4.78 is 5.25. The van der Waals surface area contributed by atoms with E-state index in [1.54, 1.807) is 0 Å². The molecule has 1 aliphatic heterocycles. The maximum Gasteiger partial charge on any atom is 0.0978 e. The average molecular weight is 112 g/mol. The Kier molecular flexibility index (Phi) is 1.95. The van der Waals surface area contributed by atoms with Crippen molar-refractivity contribution in [3.05, 3.63) is 12.3 Å². The van der Waals surface area contributed by atoms with E-state index in [1.807, 2.05) is 6.26 Å². The van der Waals surface area contributed by atoms with E-state index in [2.05, 4.69) is 13.0 Å². The van der Waals surface area contributed by atoms with Crippen LogP contribution in [-0.4, -0.2) is 6.10 Å². The van der Waals surface area contributed by atoms with Crippen LogP contribution < -0.4 is 0 Å². The first kappa shape index (κ1) is 5.67. The summed E-state index contributed by atoms with van der Waals surface area (Å²) in [4.78, 5) is 0. The largest absolute Gasteiger partial charge is 0.498 e. The molecule has 1 rings (SSSR count). The van der Waals surface area contributed by atoms with E-state index in [0.29, 0.717) is 6.10 Å². The van der Waals surface area contributed by atoms with Gasteiger partial charge in [-0.05, 0) is 25.3 Å². The van der Waals surface area contributed by atoms with E-state index in [1.165, 1.54) is 12.8 Å². The molecule has 0 aromatic heterocycles. The fraction of sp³-hybridized carbons (Fsp3) is 0.714. The third-order valence-electron chi connectivity index (χ3n) is 1.48. The number of hydrogen-bond donors (Lipinski definition) is 0. The normalized spacial score (nSPS) is 27.4. The number of rotatable bonds is 1. The van der Waals surface area contributed by atoms with Gasteiger partial charge >= 0.3 is 0 Å². The molecule has 1 heteroatoms. The molecule has 0 bridgehead atoms. The van der Waals surface area contributed by atoms with Crippen molar-refractivity contribution in [1.29, 1.82) is 0 Å². The molecule has 0 radical (unpaired) electrons. The second-order valence-corrected chi connectivity index (χ2v) is 2.12. The molecule has 0 fully saturated rings. The second kappa shape index (κ2) is 2.75. The molecular weight excluding hydrogens is 100 g/mol. The first-order valence-electron chi connectivity index (χ1n) is 3.24.